The molecule has 2 aromatic rings. The van der Waals surface area contributed by atoms with Crippen molar-refractivity contribution in [3.8, 4) is 5.75 Å². The topological polar surface area (TPSA) is 49.9 Å². The number of aromatic amines is 1. The van der Waals surface area contributed by atoms with Crippen LogP contribution in [0.15, 0.2) is 30.6 Å². The molecule has 0 fully saturated rings. The van der Waals surface area contributed by atoms with E-state index in [4.69, 9.17) is 4.74 Å². The minimum atomic E-state index is 0.402. The highest BCUT2D eigenvalue weighted by Crippen LogP contribution is 2.33. The number of rotatable bonds is 5. The van der Waals surface area contributed by atoms with E-state index in [9.17, 15) is 0 Å². The highest BCUT2D eigenvalue weighted by Gasteiger charge is 2.20. The largest absolute Gasteiger partial charge is 0.493 e. The van der Waals surface area contributed by atoms with Crippen molar-refractivity contribution in [1.29, 1.82) is 0 Å². The second kappa shape index (κ2) is 6.76. The van der Waals surface area contributed by atoms with Crippen LogP contribution in [0.5, 0.6) is 5.75 Å². The van der Waals surface area contributed by atoms with E-state index in [1.54, 1.807) is 0 Å². The number of hydrogen-bond donors (Lipinski definition) is 2. The number of nitrogens with one attached hydrogen (secondary N) is 2. The minimum absolute atomic E-state index is 0.402. The van der Waals surface area contributed by atoms with Crippen LogP contribution in [0.4, 0.5) is 0 Å². The van der Waals surface area contributed by atoms with Crippen molar-refractivity contribution in [3.05, 3.63) is 47.5 Å². The van der Waals surface area contributed by atoms with Gasteiger partial charge in [0.25, 0.3) is 0 Å². The van der Waals surface area contributed by atoms with Gasteiger partial charge >= 0.3 is 0 Å². The predicted molar refractivity (Wildman–Crippen MR) is 83.6 cm³/mol. The molecule has 0 amide bonds. The van der Waals surface area contributed by atoms with Crippen molar-refractivity contribution in [3.63, 3.8) is 0 Å². The van der Waals surface area contributed by atoms with Gasteiger partial charge in [-0.2, -0.15) is 0 Å². The van der Waals surface area contributed by atoms with Crippen molar-refractivity contribution in [2.24, 2.45) is 0 Å². The number of benzene rings is 1. The van der Waals surface area contributed by atoms with Crippen molar-refractivity contribution in [2.45, 2.75) is 38.6 Å². The molecular weight excluding hydrogens is 262 g/mol. The molecule has 1 aromatic carbocycles. The van der Waals surface area contributed by atoms with Gasteiger partial charge in [-0.05, 0) is 38.3 Å². The monoisotopic (exact) mass is 285 g/mol. The first kappa shape index (κ1) is 14.1. The fraction of sp³-hybridized carbons (Fsp3) is 0.471. The van der Waals surface area contributed by atoms with Crippen LogP contribution >= 0.6 is 0 Å². The molecule has 112 valence electrons. The third-order valence-electron chi connectivity index (χ3n) is 4.04. The summed E-state index contributed by atoms with van der Waals surface area (Å²) in [5.41, 5.74) is 2.54. The maximum absolute atomic E-state index is 5.92. The summed E-state index contributed by atoms with van der Waals surface area (Å²) < 4.78 is 5.92. The van der Waals surface area contributed by atoms with Gasteiger partial charge in [-0.1, -0.05) is 18.2 Å². The van der Waals surface area contributed by atoms with Gasteiger partial charge in [-0.25, -0.2) is 4.98 Å². The number of fused-ring (bicyclic) bond motifs is 1. The number of aryl methyl sites for hydroxylation is 2. The van der Waals surface area contributed by atoms with Crippen molar-refractivity contribution in [2.75, 3.05) is 13.2 Å². The Morgan fingerprint density at radius 1 is 1.43 bits per heavy atom. The first-order valence-electron chi connectivity index (χ1n) is 7.78. The molecule has 4 nitrogen and oxygen atoms in total. The molecule has 0 radical (unpaired) electrons. The fourth-order valence-corrected chi connectivity index (χ4v) is 2.94. The lowest BCUT2D eigenvalue weighted by Crippen LogP contribution is -2.22. The molecule has 2 N–H and O–H groups in total. The van der Waals surface area contributed by atoms with Crippen molar-refractivity contribution >= 4 is 0 Å². The number of ether oxygens (including phenoxy) is 1. The van der Waals surface area contributed by atoms with Gasteiger partial charge in [0.1, 0.15) is 11.6 Å². The SMILES string of the molecule is Cc1cccc2c1OCCCC2NCCCc1ncc[nH]1. The van der Waals surface area contributed by atoms with Crippen molar-refractivity contribution < 1.29 is 4.74 Å². The molecule has 0 saturated heterocycles. The first-order chi connectivity index (χ1) is 10.3. The van der Waals surface area contributed by atoms with Gasteiger partial charge in [0.05, 0.1) is 6.61 Å². The number of aromatic nitrogens is 2. The predicted octanol–water partition coefficient (Wildman–Crippen LogP) is 3.15. The van der Waals surface area contributed by atoms with Gasteiger partial charge in [0, 0.05) is 30.4 Å². The molecule has 1 unspecified atom stereocenters. The Morgan fingerprint density at radius 2 is 2.38 bits per heavy atom. The molecule has 3 rings (SSSR count). The highest BCUT2D eigenvalue weighted by molar-refractivity contribution is 5.43. The molecule has 2 heterocycles. The number of imidazole rings is 1. The zero-order chi connectivity index (χ0) is 14.5. The molecule has 4 heteroatoms. The van der Waals surface area contributed by atoms with Crippen molar-refractivity contribution in [1.82, 2.24) is 15.3 Å². The quantitative estimate of drug-likeness (QED) is 0.830. The van der Waals surface area contributed by atoms with Crippen LogP contribution in [0.3, 0.4) is 0 Å². The second-order valence-electron chi connectivity index (χ2n) is 5.63. The van der Waals surface area contributed by atoms with E-state index in [0.717, 1.165) is 50.4 Å². The van der Waals surface area contributed by atoms with Crippen LogP contribution in [-0.2, 0) is 6.42 Å². The normalized spacial score (nSPS) is 17.9. The third-order valence-corrected chi connectivity index (χ3v) is 4.04. The Bertz CT molecular complexity index is 565. The van der Waals surface area contributed by atoms with Gasteiger partial charge < -0.3 is 15.0 Å². The molecule has 1 aliphatic heterocycles. The fourth-order valence-electron chi connectivity index (χ4n) is 2.94. The molecule has 0 saturated carbocycles. The first-order valence-corrected chi connectivity index (χ1v) is 7.78. The summed E-state index contributed by atoms with van der Waals surface area (Å²) >= 11 is 0. The summed E-state index contributed by atoms with van der Waals surface area (Å²) in [5, 5.41) is 3.69. The zero-order valence-corrected chi connectivity index (χ0v) is 12.6. The van der Waals surface area contributed by atoms with Crippen LogP contribution in [0.25, 0.3) is 0 Å². The van der Waals surface area contributed by atoms with Crippen LogP contribution in [-0.4, -0.2) is 23.1 Å². The second-order valence-corrected chi connectivity index (χ2v) is 5.63. The van der Waals surface area contributed by atoms with E-state index in [1.165, 1.54) is 11.1 Å². The Kier molecular flexibility index (Phi) is 4.55. The maximum Gasteiger partial charge on any atom is 0.126 e. The summed E-state index contributed by atoms with van der Waals surface area (Å²) in [6.07, 6.45) is 8.01. The van der Waals surface area contributed by atoms with E-state index >= 15 is 0 Å². The summed E-state index contributed by atoms with van der Waals surface area (Å²) in [6.45, 7) is 3.94. The lowest BCUT2D eigenvalue weighted by molar-refractivity contribution is 0.313. The molecule has 0 aliphatic carbocycles. The Balaban J connectivity index is 1.59. The third kappa shape index (κ3) is 3.45. The highest BCUT2D eigenvalue weighted by atomic mass is 16.5. The maximum atomic E-state index is 5.92. The molecule has 0 spiro atoms. The number of para-hydroxylation sites is 1. The van der Waals surface area contributed by atoms with E-state index in [0.29, 0.717) is 6.04 Å². The molecular formula is C17H23N3O. The van der Waals surface area contributed by atoms with Crippen LogP contribution in [0.2, 0.25) is 0 Å². The van der Waals surface area contributed by atoms with E-state index in [-0.39, 0.29) is 0 Å². The summed E-state index contributed by atoms with van der Waals surface area (Å²) in [5.74, 6) is 2.15. The Morgan fingerprint density at radius 3 is 3.24 bits per heavy atom. The lowest BCUT2D eigenvalue weighted by atomic mass is 9.99. The Labute approximate surface area is 125 Å². The minimum Gasteiger partial charge on any atom is -0.493 e. The smallest absolute Gasteiger partial charge is 0.126 e. The van der Waals surface area contributed by atoms with E-state index < -0.39 is 0 Å². The summed E-state index contributed by atoms with van der Waals surface area (Å²) in [6, 6.07) is 6.84. The van der Waals surface area contributed by atoms with E-state index in [1.807, 2.05) is 12.4 Å². The average Bonchev–Trinajstić information content (AvgIpc) is 2.91. The molecule has 1 atom stereocenters. The zero-order valence-electron chi connectivity index (χ0n) is 12.6. The average molecular weight is 285 g/mol. The Hall–Kier alpha value is -1.81. The van der Waals surface area contributed by atoms with Crippen LogP contribution in [0.1, 0.15) is 42.3 Å². The van der Waals surface area contributed by atoms with Gasteiger partial charge in [-0.15, -0.1) is 0 Å². The number of nitrogens with zero attached hydrogens (tertiary/aromatic N) is 1. The van der Waals surface area contributed by atoms with Gasteiger partial charge in [0.15, 0.2) is 0 Å². The molecule has 0 bridgehead atoms. The summed E-state index contributed by atoms with van der Waals surface area (Å²) in [7, 11) is 0. The van der Waals surface area contributed by atoms with Gasteiger partial charge in [0.2, 0.25) is 0 Å². The standard InChI is InChI=1S/C17H23N3O/c1-13-5-2-6-14-15(7-4-12-21-17(13)14)18-9-3-8-16-19-10-11-20-16/h2,5-6,10-11,15,18H,3-4,7-9,12H2,1H3,(H,19,20). The number of H-pyrrole nitrogens is 1. The number of hydrogen-bond acceptors (Lipinski definition) is 3. The molecule has 1 aromatic heterocycles. The van der Waals surface area contributed by atoms with Crippen LogP contribution in [0, 0.1) is 6.92 Å². The van der Waals surface area contributed by atoms with Gasteiger partial charge in [-0.3, -0.25) is 0 Å². The lowest BCUT2D eigenvalue weighted by Gasteiger charge is -2.19. The molecule has 21 heavy (non-hydrogen) atoms. The summed E-state index contributed by atoms with van der Waals surface area (Å²) in [4.78, 5) is 7.41. The molecule has 1 aliphatic rings. The van der Waals surface area contributed by atoms with Crippen LogP contribution < -0.4 is 10.1 Å². The van der Waals surface area contributed by atoms with E-state index in [2.05, 4.69) is 40.4 Å².